The molecule has 4 heteroatoms. The van der Waals surface area contributed by atoms with Crippen LogP contribution in [0.3, 0.4) is 0 Å². The van der Waals surface area contributed by atoms with Gasteiger partial charge < -0.3 is 5.32 Å². The second-order valence-corrected chi connectivity index (χ2v) is 4.57. The summed E-state index contributed by atoms with van der Waals surface area (Å²) < 4.78 is 12.7. The summed E-state index contributed by atoms with van der Waals surface area (Å²) >= 11 is 1.58. The van der Waals surface area contributed by atoms with E-state index in [0.29, 0.717) is 0 Å². The third kappa shape index (κ3) is 2.58. The lowest BCUT2D eigenvalue weighted by Crippen LogP contribution is -2.06. The van der Waals surface area contributed by atoms with E-state index in [4.69, 9.17) is 0 Å². The van der Waals surface area contributed by atoms with Crippen molar-refractivity contribution in [2.75, 3.05) is 5.32 Å². The Balaban J connectivity index is 2.08. The van der Waals surface area contributed by atoms with E-state index in [2.05, 4.69) is 10.3 Å². The van der Waals surface area contributed by atoms with Gasteiger partial charge in [0.2, 0.25) is 0 Å². The zero-order chi connectivity index (χ0) is 11.5. The molecule has 1 atom stereocenters. The maximum Gasteiger partial charge on any atom is 0.183 e. The highest BCUT2D eigenvalue weighted by Gasteiger charge is 2.07. The highest BCUT2D eigenvalue weighted by Crippen LogP contribution is 2.22. The molecule has 0 aliphatic heterocycles. The lowest BCUT2D eigenvalue weighted by atomic mass is 10.1. The number of hydrogen-bond acceptors (Lipinski definition) is 3. The van der Waals surface area contributed by atoms with E-state index in [-0.39, 0.29) is 11.9 Å². The molecule has 2 rings (SSSR count). The smallest absolute Gasteiger partial charge is 0.183 e. The molecule has 1 heterocycles. The lowest BCUT2D eigenvalue weighted by molar-refractivity contribution is 0.626. The molecule has 0 spiro atoms. The first-order valence-electron chi connectivity index (χ1n) is 5.09. The van der Waals surface area contributed by atoms with Crippen LogP contribution in [0.4, 0.5) is 9.52 Å². The Hall–Kier alpha value is -1.42. The Kier molecular flexibility index (Phi) is 3.19. The molecule has 1 N–H and O–H groups in total. The predicted molar refractivity (Wildman–Crippen MR) is 65.3 cm³/mol. The minimum Gasteiger partial charge on any atom is -0.355 e. The molecule has 1 aromatic carbocycles. The van der Waals surface area contributed by atoms with Gasteiger partial charge in [-0.25, -0.2) is 9.37 Å². The zero-order valence-corrected chi connectivity index (χ0v) is 10.0. The third-order valence-electron chi connectivity index (χ3n) is 2.33. The summed E-state index contributed by atoms with van der Waals surface area (Å²) in [4.78, 5) is 4.33. The van der Waals surface area contributed by atoms with Crippen molar-refractivity contribution < 1.29 is 4.39 Å². The number of aryl methyl sites for hydroxylation is 1. The standard InChI is InChI=1S/C12H13FN2S/c1-8-7-16-12(14-8)15-9(2)10-3-5-11(13)6-4-10/h3-7,9H,1-2H3,(H,14,15). The number of aromatic nitrogens is 1. The van der Waals surface area contributed by atoms with Gasteiger partial charge in [-0.2, -0.15) is 0 Å². The molecule has 1 aromatic heterocycles. The van der Waals surface area contributed by atoms with Crippen LogP contribution in [0.15, 0.2) is 29.6 Å². The zero-order valence-electron chi connectivity index (χ0n) is 9.20. The number of nitrogens with zero attached hydrogens (tertiary/aromatic N) is 1. The first kappa shape index (κ1) is 11.1. The van der Waals surface area contributed by atoms with Gasteiger partial charge in [0.25, 0.3) is 0 Å². The highest BCUT2D eigenvalue weighted by molar-refractivity contribution is 7.13. The molecule has 2 aromatic rings. The number of thiazole rings is 1. The van der Waals surface area contributed by atoms with Crippen LogP contribution in [0.5, 0.6) is 0 Å². The summed E-state index contributed by atoms with van der Waals surface area (Å²) in [5.41, 5.74) is 2.06. The Bertz CT molecular complexity index is 464. The van der Waals surface area contributed by atoms with Crippen molar-refractivity contribution >= 4 is 16.5 Å². The van der Waals surface area contributed by atoms with Crippen molar-refractivity contribution in [3.63, 3.8) is 0 Å². The molecule has 0 saturated heterocycles. The average Bonchev–Trinajstić information content (AvgIpc) is 2.65. The van der Waals surface area contributed by atoms with E-state index in [0.717, 1.165) is 16.4 Å². The van der Waals surface area contributed by atoms with Crippen molar-refractivity contribution in [3.05, 3.63) is 46.7 Å². The van der Waals surface area contributed by atoms with E-state index in [1.165, 1.54) is 12.1 Å². The summed E-state index contributed by atoms with van der Waals surface area (Å²) in [5, 5.41) is 6.18. The Morgan fingerprint density at radius 2 is 2.00 bits per heavy atom. The molecule has 0 radical (unpaired) electrons. The lowest BCUT2D eigenvalue weighted by Gasteiger charge is -2.12. The summed E-state index contributed by atoms with van der Waals surface area (Å²) in [6.45, 7) is 3.99. The number of rotatable bonds is 3. The summed E-state index contributed by atoms with van der Waals surface area (Å²) in [6, 6.07) is 6.65. The highest BCUT2D eigenvalue weighted by atomic mass is 32.1. The van der Waals surface area contributed by atoms with Crippen LogP contribution in [0.2, 0.25) is 0 Å². The first-order valence-corrected chi connectivity index (χ1v) is 5.97. The quantitative estimate of drug-likeness (QED) is 0.877. The average molecular weight is 236 g/mol. The maximum atomic E-state index is 12.7. The van der Waals surface area contributed by atoms with Gasteiger partial charge in [0.1, 0.15) is 5.82 Å². The molecule has 84 valence electrons. The van der Waals surface area contributed by atoms with Crippen LogP contribution in [-0.2, 0) is 0 Å². The number of halogens is 1. The number of anilines is 1. The van der Waals surface area contributed by atoms with Crippen LogP contribution in [0.25, 0.3) is 0 Å². The van der Waals surface area contributed by atoms with E-state index in [9.17, 15) is 4.39 Å². The van der Waals surface area contributed by atoms with Gasteiger partial charge in [-0.3, -0.25) is 0 Å². The van der Waals surface area contributed by atoms with Gasteiger partial charge in [0.15, 0.2) is 5.13 Å². The molecule has 0 bridgehead atoms. The number of nitrogens with one attached hydrogen (secondary N) is 1. The van der Waals surface area contributed by atoms with Crippen molar-refractivity contribution in [1.29, 1.82) is 0 Å². The molecule has 2 nitrogen and oxygen atoms in total. The molecular weight excluding hydrogens is 223 g/mol. The molecule has 0 aliphatic carbocycles. The van der Waals surface area contributed by atoms with Crippen LogP contribution in [0, 0.1) is 12.7 Å². The summed E-state index contributed by atoms with van der Waals surface area (Å²) in [6.07, 6.45) is 0. The van der Waals surface area contributed by atoms with Gasteiger partial charge in [-0.05, 0) is 31.5 Å². The van der Waals surface area contributed by atoms with E-state index in [1.807, 2.05) is 19.2 Å². The fraction of sp³-hybridized carbons (Fsp3) is 0.250. The van der Waals surface area contributed by atoms with Crippen LogP contribution in [-0.4, -0.2) is 4.98 Å². The maximum absolute atomic E-state index is 12.7. The fourth-order valence-electron chi connectivity index (χ4n) is 1.44. The molecule has 0 amide bonds. The Morgan fingerprint density at radius 3 is 2.56 bits per heavy atom. The molecule has 16 heavy (non-hydrogen) atoms. The van der Waals surface area contributed by atoms with Crippen molar-refractivity contribution in [1.82, 2.24) is 4.98 Å². The van der Waals surface area contributed by atoms with E-state index < -0.39 is 0 Å². The van der Waals surface area contributed by atoms with E-state index >= 15 is 0 Å². The normalized spacial score (nSPS) is 12.4. The molecule has 1 unspecified atom stereocenters. The summed E-state index contributed by atoms with van der Waals surface area (Å²) in [7, 11) is 0. The second kappa shape index (κ2) is 4.61. The molecule has 0 aliphatic rings. The molecular formula is C12H13FN2S. The SMILES string of the molecule is Cc1csc(NC(C)c2ccc(F)cc2)n1. The largest absolute Gasteiger partial charge is 0.355 e. The Morgan fingerprint density at radius 1 is 1.31 bits per heavy atom. The summed E-state index contributed by atoms with van der Waals surface area (Å²) in [5.74, 6) is -0.207. The van der Waals surface area contributed by atoms with Crippen molar-refractivity contribution in [3.8, 4) is 0 Å². The van der Waals surface area contributed by atoms with Crippen LogP contribution >= 0.6 is 11.3 Å². The minimum atomic E-state index is -0.207. The Labute approximate surface area is 98.2 Å². The molecule has 0 saturated carbocycles. The monoisotopic (exact) mass is 236 g/mol. The fourth-order valence-corrected chi connectivity index (χ4v) is 2.22. The van der Waals surface area contributed by atoms with Crippen LogP contribution in [0.1, 0.15) is 24.2 Å². The second-order valence-electron chi connectivity index (χ2n) is 3.71. The minimum absolute atomic E-state index is 0.131. The van der Waals surface area contributed by atoms with Gasteiger partial charge in [0, 0.05) is 5.38 Å². The molecule has 0 fully saturated rings. The van der Waals surface area contributed by atoms with Gasteiger partial charge in [-0.15, -0.1) is 11.3 Å². The predicted octanol–water partition coefficient (Wildman–Crippen LogP) is 3.76. The van der Waals surface area contributed by atoms with Crippen molar-refractivity contribution in [2.24, 2.45) is 0 Å². The van der Waals surface area contributed by atoms with Gasteiger partial charge in [-0.1, -0.05) is 12.1 Å². The van der Waals surface area contributed by atoms with Gasteiger partial charge >= 0.3 is 0 Å². The number of benzene rings is 1. The first-order chi connectivity index (χ1) is 7.65. The number of hydrogen-bond donors (Lipinski definition) is 1. The van der Waals surface area contributed by atoms with Gasteiger partial charge in [0.05, 0.1) is 11.7 Å². The van der Waals surface area contributed by atoms with Crippen molar-refractivity contribution in [2.45, 2.75) is 19.9 Å². The van der Waals surface area contributed by atoms with Crippen LogP contribution < -0.4 is 5.32 Å². The van der Waals surface area contributed by atoms with E-state index in [1.54, 1.807) is 23.5 Å². The third-order valence-corrected chi connectivity index (χ3v) is 3.22. The topological polar surface area (TPSA) is 24.9 Å².